The van der Waals surface area contributed by atoms with E-state index in [1.54, 1.807) is 0 Å². The number of esters is 1. The van der Waals surface area contributed by atoms with Gasteiger partial charge in [0.25, 0.3) is 0 Å². The number of benzene rings is 1. The summed E-state index contributed by atoms with van der Waals surface area (Å²) in [6, 6.07) is 4.91. The number of rotatable bonds is 5. The van der Waals surface area contributed by atoms with Gasteiger partial charge >= 0.3 is 5.97 Å². The Hall–Kier alpha value is -2.15. The second kappa shape index (κ2) is 5.66. The molecule has 1 atom stereocenters. The number of aromatic nitrogens is 1. The van der Waals surface area contributed by atoms with Gasteiger partial charge in [-0.1, -0.05) is 17.4 Å². The molecule has 0 aliphatic heterocycles. The third kappa shape index (κ3) is 3.00. The highest BCUT2D eigenvalue weighted by Gasteiger charge is 2.18. The van der Waals surface area contributed by atoms with Crippen molar-refractivity contribution in [3.05, 3.63) is 23.8 Å². The zero-order valence-electron chi connectivity index (χ0n) is 10.3. The maximum absolute atomic E-state index is 11.5. The summed E-state index contributed by atoms with van der Waals surface area (Å²) >= 11 is 1.38. The lowest BCUT2D eigenvalue weighted by molar-refractivity contribution is -0.144. The number of nitrogens with two attached hydrogens (primary N) is 1. The van der Waals surface area contributed by atoms with Gasteiger partial charge in [0, 0.05) is 6.42 Å². The Morgan fingerprint density at radius 2 is 2.42 bits per heavy atom. The van der Waals surface area contributed by atoms with Crippen LogP contribution in [0.25, 0.3) is 10.2 Å². The summed E-state index contributed by atoms with van der Waals surface area (Å²) in [5, 5.41) is 2.95. The summed E-state index contributed by atoms with van der Waals surface area (Å²) in [4.78, 5) is 26.2. The zero-order valence-corrected chi connectivity index (χ0v) is 11.1. The number of carbonyl (C=O) groups excluding carboxylic acids is 2. The monoisotopic (exact) mass is 279 g/mol. The van der Waals surface area contributed by atoms with E-state index in [0.29, 0.717) is 18.0 Å². The fraction of sp³-hybridized carbons (Fsp3) is 0.250. The van der Waals surface area contributed by atoms with E-state index in [1.165, 1.54) is 18.4 Å². The second-order valence-electron chi connectivity index (χ2n) is 3.92. The highest BCUT2D eigenvalue weighted by Crippen LogP contribution is 2.25. The number of fused-ring (bicyclic) bond motifs is 1. The van der Waals surface area contributed by atoms with Crippen LogP contribution in [0.3, 0.4) is 0 Å². The van der Waals surface area contributed by atoms with Crippen LogP contribution < -0.4 is 11.1 Å². The van der Waals surface area contributed by atoms with Gasteiger partial charge in [-0.15, -0.1) is 0 Å². The summed E-state index contributed by atoms with van der Waals surface area (Å²) in [6.45, 7) is 0. The SMILES string of the molecule is COC(=O)[C@H](Cc1ccc2nc(N)sc2c1)NC=O. The van der Waals surface area contributed by atoms with E-state index >= 15 is 0 Å². The quantitative estimate of drug-likeness (QED) is 0.621. The van der Waals surface area contributed by atoms with Crippen molar-refractivity contribution >= 4 is 39.1 Å². The summed E-state index contributed by atoms with van der Waals surface area (Å²) in [6.07, 6.45) is 0.851. The predicted molar refractivity (Wildman–Crippen MR) is 72.7 cm³/mol. The first-order chi connectivity index (χ1) is 9.13. The Kier molecular flexibility index (Phi) is 3.96. The molecule has 0 unspecified atom stereocenters. The molecular formula is C12H13N3O3S. The van der Waals surface area contributed by atoms with Crippen molar-refractivity contribution in [3.8, 4) is 0 Å². The first-order valence-corrected chi connectivity index (χ1v) is 6.38. The smallest absolute Gasteiger partial charge is 0.328 e. The van der Waals surface area contributed by atoms with Gasteiger partial charge in [-0.05, 0) is 17.7 Å². The standard InChI is InChI=1S/C12H13N3O3S/c1-18-11(17)9(14-6-16)4-7-2-3-8-10(5-7)19-12(13)15-8/h2-3,5-6,9H,4H2,1H3,(H2,13,15)(H,14,16)/t9-/m0/s1. The molecule has 100 valence electrons. The summed E-state index contributed by atoms with van der Waals surface area (Å²) in [7, 11) is 1.29. The van der Waals surface area contributed by atoms with E-state index in [9.17, 15) is 9.59 Å². The molecule has 1 aromatic carbocycles. The number of thiazole rings is 1. The van der Waals surface area contributed by atoms with Crippen molar-refractivity contribution < 1.29 is 14.3 Å². The number of ether oxygens (including phenoxy) is 1. The van der Waals surface area contributed by atoms with Gasteiger partial charge in [0.1, 0.15) is 6.04 Å². The molecule has 0 aliphatic rings. The molecule has 0 bridgehead atoms. The number of nitrogens with one attached hydrogen (secondary N) is 1. The molecule has 0 fully saturated rings. The third-order valence-electron chi connectivity index (χ3n) is 2.66. The molecule has 2 rings (SSSR count). The van der Waals surface area contributed by atoms with Gasteiger partial charge in [0.15, 0.2) is 5.13 Å². The first-order valence-electron chi connectivity index (χ1n) is 5.56. The fourth-order valence-corrected chi connectivity index (χ4v) is 2.58. The molecule has 1 aromatic heterocycles. The highest BCUT2D eigenvalue weighted by atomic mass is 32.1. The average Bonchev–Trinajstić information content (AvgIpc) is 2.76. The van der Waals surface area contributed by atoms with Crippen LogP contribution in [0, 0.1) is 0 Å². The van der Waals surface area contributed by atoms with Crippen LogP contribution >= 0.6 is 11.3 Å². The van der Waals surface area contributed by atoms with Gasteiger partial charge < -0.3 is 15.8 Å². The minimum atomic E-state index is -0.690. The molecule has 2 aromatic rings. The van der Waals surface area contributed by atoms with Gasteiger partial charge in [-0.25, -0.2) is 9.78 Å². The van der Waals surface area contributed by atoms with Gasteiger partial charge in [0.2, 0.25) is 6.41 Å². The number of nitrogen functional groups attached to an aromatic ring is 1. The molecule has 6 nitrogen and oxygen atoms in total. The Labute approximate surface area is 113 Å². The molecular weight excluding hydrogens is 266 g/mol. The minimum absolute atomic E-state index is 0.360. The lowest BCUT2D eigenvalue weighted by atomic mass is 10.1. The van der Waals surface area contributed by atoms with Crippen molar-refractivity contribution in [2.45, 2.75) is 12.5 Å². The second-order valence-corrected chi connectivity index (χ2v) is 4.98. The van der Waals surface area contributed by atoms with Crippen molar-refractivity contribution in [2.24, 2.45) is 0 Å². The number of methoxy groups -OCH3 is 1. The number of amides is 1. The number of nitrogens with zero attached hydrogens (tertiary/aromatic N) is 1. The number of hydrogen-bond donors (Lipinski definition) is 2. The van der Waals surface area contributed by atoms with Gasteiger partial charge in [-0.2, -0.15) is 0 Å². The van der Waals surface area contributed by atoms with E-state index in [2.05, 4.69) is 15.0 Å². The van der Waals surface area contributed by atoms with E-state index in [4.69, 9.17) is 5.73 Å². The number of carbonyl (C=O) groups is 2. The van der Waals surface area contributed by atoms with Crippen LogP contribution in [0.15, 0.2) is 18.2 Å². The molecule has 0 radical (unpaired) electrons. The normalized spacial score (nSPS) is 12.1. The average molecular weight is 279 g/mol. The molecule has 3 N–H and O–H groups in total. The summed E-state index contributed by atoms with van der Waals surface area (Å²) in [5.41, 5.74) is 7.36. The minimum Gasteiger partial charge on any atom is -0.467 e. The Morgan fingerprint density at radius 1 is 1.63 bits per heavy atom. The third-order valence-corrected chi connectivity index (χ3v) is 3.51. The maximum atomic E-state index is 11.5. The largest absolute Gasteiger partial charge is 0.467 e. The maximum Gasteiger partial charge on any atom is 0.328 e. The lowest BCUT2D eigenvalue weighted by Gasteiger charge is -2.13. The van der Waals surface area contributed by atoms with E-state index < -0.39 is 12.0 Å². The molecule has 0 saturated heterocycles. The number of hydrogen-bond acceptors (Lipinski definition) is 6. The molecule has 1 heterocycles. The summed E-state index contributed by atoms with van der Waals surface area (Å²) < 4.78 is 5.59. The molecule has 0 spiro atoms. The fourth-order valence-electron chi connectivity index (χ4n) is 1.78. The Morgan fingerprint density at radius 3 is 3.11 bits per heavy atom. The molecule has 0 saturated carbocycles. The lowest BCUT2D eigenvalue weighted by Crippen LogP contribution is -2.38. The van der Waals surface area contributed by atoms with Gasteiger partial charge in [-0.3, -0.25) is 4.79 Å². The van der Waals surface area contributed by atoms with Crippen LogP contribution in [0.5, 0.6) is 0 Å². The van der Waals surface area contributed by atoms with Crippen molar-refractivity contribution in [1.29, 1.82) is 0 Å². The Bertz CT molecular complexity index is 611. The first kappa shape index (κ1) is 13.3. The van der Waals surface area contributed by atoms with Crippen molar-refractivity contribution in [3.63, 3.8) is 0 Å². The van der Waals surface area contributed by atoms with E-state index in [1.807, 2.05) is 18.2 Å². The highest BCUT2D eigenvalue weighted by molar-refractivity contribution is 7.22. The molecule has 1 amide bonds. The molecule has 7 heteroatoms. The van der Waals surface area contributed by atoms with Crippen molar-refractivity contribution in [2.75, 3.05) is 12.8 Å². The van der Waals surface area contributed by atoms with Gasteiger partial charge in [0.05, 0.1) is 17.3 Å². The molecule has 19 heavy (non-hydrogen) atoms. The van der Waals surface area contributed by atoms with Crippen LogP contribution in [0.1, 0.15) is 5.56 Å². The van der Waals surface area contributed by atoms with Crippen LogP contribution in [0.2, 0.25) is 0 Å². The van der Waals surface area contributed by atoms with E-state index in [-0.39, 0.29) is 0 Å². The van der Waals surface area contributed by atoms with Crippen LogP contribution in [0.4, 0.5) is 5.13 Å². The Balaban J connectivity index is 2.22. The van der Waals surface area contributed by atoms with E-state index in [0.717, 1.165) is 15.8 Å². The van der Waals surface area contributed by atoms with Crippen LogP contribution in [-0.2, 0) is 20.7 Å². The van der Waals surface area contributed by atoms with Crippen LogP contribution in [-0.4, -0.2) is 30.5 Å². The molecule has 0 aliphatic carbocycles. The topological polar surface area (TPSA) is 94.3 Å². The predicted octanol–water partition coefficient (Wildman–Crippen LogP) is 0.709. The zero-order chi connectivity index (χ0) is 13.8. The summed E-state index contributed by atoms with van der Waals surface area (Å²) in [5.74, 6) is -0.476. The number of anilines is 1. The van der Waals surface area contributed by atoms with Crippen molar-refractivity contribution in [1.82, 2.24) is 10.3 Å².